The average Bonchev–Trinajstić information content (AvgIpc) is 2.59. The molecular weight excluding hydrogens is 306 g/mol. The van der Waals surface area contributed by atoms with Crippen molar-refractivity contribution in [1.29, 1.82) is 0 Å². The highest BCUT2D eigenvalue weighted by atomic mass is 16.4. The van der Waals surface area contributed by atoms with Gasteiger partial charge in [-0.1, -0.05) is 18.2 Å². The maximum atomic E-state index is 12.3. The van der Waals surface area contributed by atoms with Crippen LogP contribution in [-0.4, -0.2) is 40.1 Å². The number of nitrogens with zero attached hydrogens (tertiary/aromatic N) is 2. The fourth-order valence-corrected chi connectivity index (χ4v) is 3.17. The quantitative estimate of drug-likeness (QED) is 0.904. The molecule has 2 N–H and O–H groups in total. The number of amides is 2. The number of carbonyl (C=O) groups is 2. The van der Waals surface area contributed by atoms with E-state index in [1.54, 1.807) is 11.1 Å². The summed E-state index contributed by atoms with van der Waals surface area (Å²) in [7, 11) is 0. The van der Waals surface area contributed by atoms with Crippen LogP contribution >= 0.6 is 0 Å². The number of aromatic nitrogens is 1. The van der Waals surface area contributed by atoms with Crippen molar-refractivity contribution in [3.63, 3.8) is 0 Å². The predicted molar refractivity (Wildman–Crippen MR) is 90.5 cm³/mol. The number of likely N-dealkylation sites (tertiary alicyclic amines) is 1. The van der Waals surface area contributed by atoms with Gasteiger partial charge in [-0.3, -0.25) is 9.78 Å². The van der Waals surface area contributed by atoms with E-state index in [1.807, 2.05) is 30.3 Å². The smallest absolute Gasteiger partial charge is 0.317 e. The molecule has 126 valence electrons. The molecule has 2 heterocycles. The molecule has 0 aliphatic carbocycles. The molecule has 3 rings (SSSR count). The van der Waals surface area contributed by atoms with E-state index in [-0.39, 0.29) is 18.4 Å². The first-order valence-electron chi connectivity index (χ1n) is 8.20. The highest BCUT2D eigenvalue weighted by Crippen LogP contribution is 2.20. The lowest BCUT2D eigenvalue weighted by atomic mass is 9.95. The highest BCUT2D eigenvalue weighted by Gasteiger charge is 2.25. The minimum Gasteiger partial charge on any atom is -0.481 e. The normalized spacial score (nSPS) is 17.7. The molecular formula is C18H21N3O3. The van der Waals surface area contributed by atoms with Gasteiger partial charge in [0.05, 0.1) is 5.52 Å². The first-order valence-corrected chi connectivity index (χ1v) is 8.20. The zero-order chi connectivity index (χ0) is 16.9. The predicted octanol–water partition coefficient (Wildman–Crippen LogP) is 2.63. The Morgan fingerprint density at radius 1 is 1.33 bits per heavy atom. The monoisotopic (exact) mass is 327 g/mol. The van der Waals surface area contributed by atoms with Gasteiger partial charge in [0.15, 0.2) is 0 Å². The Hall–Kier alpha value is -2.63. The van der Waals surface area contributed by atoms with E-state index in [0.717, 1.165) is 29.3 Å². The lowest BCUT2D eigenvalue weighted by molar-refractivity contribution is -0.138. The molecule has 0 spiro atoms. The Labute approximate surface area is 140 Å². The molecule has 2 aromatic rings. The van der Waals surface area contributed by atoms with Gasteiger partial charge in [-0.05, 0) is 36.5 Å². The van der Waals surface area contributed by atoms with Crippen LogP contribution in [0.2, 0.25) is 0 Å². The lowest BCUT2D eigenvalue weighted by Crippen LogP contribution is -2.45. The number of pyridine rings is 1. The molecule has 1 aliphatic rings. The summed E-state index contributed by atoms with van der Waals surface area (Å²) in [5, 5.41) is 12.9. The molecule has 0 bridgehead atoms. The largest absolute Gasteiger partial charge is 0.481 e. The summed E-state index contributed by atoms with van der Waals surface area (Å²) in [5.74, 6) is -0.752. The average molecular weight is 327 g/mol. The number of aliphatic carboxylic acids is 1. The Morgan fingerprint density at radius 3 is 3.04 bits per heavy atom. The Balaban J connectivity index is 1.56. The van der Waals surface area contributed by atoms with Crippen molar-refractivity contribution in [3.8, 4) is 0 Å². The number of hydrogen-bond acceptors (Lipinski definition) is 3. The van der Waals surface area contributed by atoms with Crippen molar-refractivity contribution >= 4 is 22.9 Å². The fourth-order valence-electron chi connectivity index (χ4n) is 3.17. The zero-order valence-corrected chi connectivity index (χ0v) is 13.4. The Kier molecular flexibility index (Phi) is 4.93. The highest BCUT2D eigenvalue weighted by molar-refractivity contribution is 5.79. The summed E-state index contributed by atoms with van der Waals surface area (Å²) >= 11 is 0. The number of hydrogen-bond donors (Lipinski definition) is 2. The van der Waals surface area contributed by atoms with Crippen molar-refractivity contribution in [1.82, 2.24) is 15.2 Å². The maximum Gasteiger partial charge on any atom is 0.317 e. The molecule has 1 fully saturated rings. The van der Waals surface area contributed by atoms with E-state index >= 15 is 0 Å². The Bertz CT molecular complexity index is 747. The van der Waals surface area contributed by atoms with Crippen LogP contribution in [0.25, 0.3) is 10.9 Å². The summed E-state index contributed by atoms with van der Waals surface area (Å²) in [4.78, 5) is 29.2. The van der Waals surface area contributed by atoms with Crippen molar-refractivity contribution in [2.24, 2.45) is 5.92 Å². The van der Waals surface area contributed by atoms with Crippen molar-refractivity contribution in [2.45, 2.75) is 25.8 Å². The van der Waals surface area contributed by atoms with Crippen LogP contribution in [0.4, 0.5) is 4.79 Å². The Morgan fingerprint density at radius 2 is 2.21 bits per heavy atom. The minimum absolute atomic E-state index is 0.0480. The molecule has 1 aromatic heterocycles. The third-order valence-electron chi connectivity index (χ3n) is 4.38. The molecule has 24 heavy (non-hydrogen) atoms. The molecule has 0 saturated carbocycles. The summed E-state index contributed by atoms with van der Waals surface area (Å²) in [6.07, 6.45) is 3.60. The molecule has 6 heteroatoms. The fraction of sp³-hybridized carbons (Fsp3) is 0.389. The van der Waals surface area contributed by atoms with E-state index in [9.17, 15) is 9.59 Å². The second-order valence-electron chi connectivity index (χ2n) is 6.24. The molecule has 1 aliphatic heterocycles. The summed E-state index contributed by atoms with van der Waals surface area (Å²) < 4.78 is 0. The molecule has 6 nitrogen and oxygen atoms in total. The molecule has 1 unspecified atom stereocenters. The van der Waals surface area contributed by atoms with Crippen molar-refractivity contribution < 1.29 is 14.7 Å². The zero-order valence-electron chi connectivity index (χ0n) is 13.4. The van der Waals surface area contributed by atoms with Gasteiger partial charge in [0.1, 0.15) is 0 Å². The minimum atomic E-state index is -0.800. The van der Waals surface area contributed by atoms with Crippen LogP contribution in [-0.2, 0) is 11.3 Å². The van der Waals surface area contributed by atoms with Gasteiger partial charge in [0.2, 0.25) is 0 Å². The van der Waals surface area contributed by atoms with Crippen LogP contribution < -0.4 is 5.32 Å². The van der Waals surface area contributed by atoms with Crippen LogP contribution in [0.15, 0.2) is 36.5 Å². The number of carboxylic acids is 1. The van der Waals surface area contributed by atoms with Gasteiger partial charge < -0.3 is 15.3 Å². The van der Waals surface area contributed by atoms with E-state index < -0.39 is 5.97 Å². The van der Waals surface area contributed by atoms with Crippen LogP contribution in [0.5, 0.6) is 0 Å². The first-order chi connectivity index (χ1) is 11.6. The SMILES string of the molecule is O=C(O)CC1CCCN(C(=O)NCc2ccc3cccnc3c2)C1. The van der Waals surface area contributed by atoms with Gasteiger partial charge >= 0.3 is 12.0 Å². The van der Waals surface area contributed by atoms with Crippen molar-refractivity contribution in [3.05, 3.63) is 42.1 Å². The van der Waals surface area contributed by atoms with Gasteiger partial charge in [0, 0.05) is 37.6 Å². The first kappa shape index (κ1) is 16.2. The van der Waals surface area contributed by atoms with E-state index in [1.165, 1.54) is 0 Å². The number of rotatable bonds is 4. The molecule has 1 aromatic carbocycles. The van der Waals surface area contributed by atoms with E-state index in [2.05, 4.69) is 10.3 Å². The summed E-state index contributed by atoms with van der Waals surface area (Å²) in [5.41, 5.74) is 1.90. The third kappa shape index (κ3) is 4.01. The van der Waals surface area contributed by atoms with E-state index in [4.69, 9.17) is 5.11 Å². The summed E-state index contributed by atoms with van der Waals surface area (Å²) in [6.45, 7) is 1.63. The number of urea groups is 1. The molecule has 1 saturated heterocycles. The topological polar surface area (TPSA) is 82.5 Å². The van der Waals surface area contributed by atoms with Gasteiger partial charge in [-0.15, -0.1) is 0 Å². The second-order valence-corrected chi connectivity index (χ2v) is 6.24. The van der Waals surface area contributed by atoms with Gasteiger partial charge in [0.25, 0.3) is 0 Å². The van der Waals surface area contributed by atoms with Crippen molar-refractivity contribution in [2.75, 3.05) is 13.1 Å². The lowest BCUT2D eigenvalue weighted by Gasteiger charge is -2.32. The molecule has 0 radical (unpaired) electrons. The number of carbonyl (C=O) groups excluding carboxylic acids is 1. The molecule has 2 amide bonds. The number of nitrogens with one attached hydrogen (secondary N) is 1. The van der Waals surface area contributed by atoms with Crippen LogP contribution in [0.1, 0.15) is 24.8 Å². The standard InChI is InChI=1S/C18H21N3O3/c22-17(23)10-14-3-2-8-21(12-14)18(24)20-11-13-5-6-15-4-1-7-19-16(15)9-13/h1,4-7,9,14H,2-3,8,10-12H2,(H,20,24)(H,22,23). The number of carboxylic acid groups (broad SMARTS) is 1. The number of fused-ring (bicyclic) bond motifs is 1. The number of piperidine rings is 1. The second kappa shape index (κ2) is 7.29. The van der Waals surface area contributed by atoms with Gasteiger partial charge in [-0.25, -0.2) is 4.79 Å². The molecule has 1 atom stereocenters. The van der Waals surface area contributed by atoms with Crippen LogP contribution in [0, 0.1) is 5.92 Å². The maximum absolute atomic E-state index is 12.3. The third-order valence-corrected chi connectivity index (χ3v) is 4.38. The van der Waals surface area contributed by atoms with E-state index in [0.29, 0.717) is 19.6 Å². The number of benzene rings is 1. The van der Waals surface area contributed by atoms with Gasteiger partial charge in [-0.2, -0.15) is 0 Å². The summed E-state index contributed by atoms with van der Waals surface area (Å²) in [6, 6.07) is 9.71. The van der Waals surface area contributed by atoms with Crippen LogP contribution in [0.3, 0.4) is 0 Å².